The first-order valence-corrected chi connectivity index (χ1v) is 17.1. The normalized spacial score (nSPS) is 10.3. The Morgan fingerprint density at radius 2 is 0.755 bits per heavy atom. The molecule has 0 radical (unpaired) electrons. The molecular weight excluding hydrogens is 720 g/mol. The van der Waals surface area contributed by atoms with Gasteiger partial charge in [0, 0.05) is 72.5 Å². The van der Waals surface area contributed by atoms with Crippen LogP contribution in [-0.2, 0) is 67.1 Å². The third-order valence-corrected chi connectivity index (χ3v) is 7.18. The van der Waals surface area contributed by atoms with Crippen LogP contribution in [0.1, 0.15) is 50.5 Å². The van der Waals surface area contributed by atoms with Crippen molar-refractivity contribution in [1.29, 1.82) is 0 Å². The van der Waals surface area contributed by atoms with Crippen molar-refractivity contribution in [3.63, 3.8) is 0 Å². The maximum Gasteiger partial charge on any atom is 4.00 e. The molecule has 0 spiro atoms. The van der Waals surface area contributed by atoms with Gasteiger partial charge in [0.05, 0.1) is 26.4 Å². The number of aromatic nitrogens is 2. The minimum atomic E-state index is -0.735. The van der Waals surface area contributed by atoms with Crippen LogP contribution in [-0.4, -0.2) is 35.6 Å². The van der Waals surface area contributed by atoms with E-state index in [0.29, 0.717) is 52.9 Å². The minimum absolute atomic E-state index is 0. The van der Waals surface area contributed by atoms with Crippen LogP contribution >= 0.6 is 0 Å². The predicted molar refractivity (Wildman–Crippen MR) is 194 cm³/mol. The second-order valence-corrected chi connectivity index (χ2v) is 10.8. The van der Waals surface area contributed by atoms with Crippen LogP contribution < -0.4 is 0 Å². The van der Waals surface area contributed by atoms with Crippen LogP contribution in [0.15, 0.2) is 109 Å². The number of rotatable bonds is 14. The summed E-state index contributed by atoms with van der Waals surface area (Å²) in [7, 11) is 0. The van der Waals surface area contributed by atoms with Gasteiger partial charge < -0.3 is 28.1 Å². The summed E-state index contributed by atoms with van der Waals surface area (Å²) in [4.78, 5) is 0. The summed E-state index contributed by atoms with van der Waals surface area (Å²) in [5.41, 5.74) is 3.61. The number of nitrogens with zero attached hydrogens (tertiary/aromatic N) is 2. The van der Waals surface area contributed by atoms with Crippen LogP contribution in [0.2, 0.25) is 0 Å². The van der Waals surface area contributed by atoms with Crippen molar-refractivity contribution in [3.05, 3.63) is 167 Å². The Kier molecular flexibility index (Phi) is 22.0. The molecule has 6 nitrogen and oxygen atoms in total. The summed E-state index contributed by atoms with van der Waals surface area (Å²) in [6.07, 6.45) is 0. The van der Waals surface area contributed by atoms with Crippen LogP contribution in [0.4, 0.5) is 17.6 Å². The monoisotopic (exact) mass is 766 g/mol. The molecule has 280 valence electrons. The van der Waals surface area contributed by atoms with Crippen molar-refractivity contribution >= 4 is 0 Å². The van der Waals surface area contributed by atoms with E-state index in [2.05, 4.69) is 12.1 Å². The molecule has 6 rings (SSSR count). The molecular formula is C42H46F4N2O4Ti. The molecule has 0 N–H and O–H groups in total. The Hall–Kier alpha value is -4.03. The van der Waals surface area contributed by atoms with E-state index in [0.717, 1.165) is 22.8 Å². The van der Waals surface area contributed by atoms with E-state index in [1.807, 2.05) is 113 Å². The zero-order valence-corrected chi connectivity index (χ0v) is 32.1. The molecule has 6 aromatic rings. The van der Waals surface area contributed by atoms with Crippen LogP contribution in [0.25, 0.3) is 11.4 Å². The largest absolute Gasteiger partial charge is 4.00 e. The second kappa shape index (κ2) is 25.9. The molecule has 0 unspecified atom stereocenters. The van der Waals surface area contributed by atoms with E-state index in [1.165, 1.54) is 24.3 Å². The van der Waals surface area contributed by atoms with Gasteiger partial charge in [-0.3, -0.25) is 0 Å². The predicted octanol–water partition coefficient (Wildman–Crippen LogP) is 10.1. The molecule has 0 amide bonds. The van der Waals surface area contributed by atoms with Crippen LogP contribution in [0.5, 0.6) is 0 Å². The SMILES string of the molecule is CCOCc1ccc(COCC)n1-c1ccc(F)[c-]c1F.CCOCc1ccc(COCC)n1-c1ccc(F)[c-]c1F.[Ti+4].c1cc[cH-]c1.c1cc[cH-]c1. The van der Waals surface area contributed by atoms with Gasteiger partial charge in [-0.05, 0) is 63.3 Å². The summed E-state index contributed by atoms with van der Waals surface area (Å²) in [6.45, 7) is 11.2. The van der Waals surface area contributed by atoms with Gasteiger partial charge in [-0.25, -0.2) is 41.8 Å². The number of benzene rings is 2. The van der Waals surface area contributed by atoms with E-state index >= 15 is 0 Å². The molecule has 0 saturated heterocycles. The number of ether oxygens (including phenoxy) is 4. The Labute approximate surface area is 325 Å². The van der Waals surface area contributed by atoms with Gasteiger partial charge in [0.25, 0.3) is 0 Å². The van der Waals surface area contributed by atoms with Gasteiger partial charge >= 0.3 is 21.7 Å². The first kappa shape index (κ1) is 45.1. The molecule has 2 aromatic heterocycles. The Morgan fingerprint density at radius 3 is 0.962 bits per heavy atom. The molecule has 2 heterocycles. The Bertz CT molecular complexity index is 1590. The van der Waals surface area contributed by atoms with Gasteiger partial charge in [0.1, 0.15) is 0 Å². The average molecular weight is 767 g/mol. The van der Waals surface area contributed by atoms with Crippen molar-refractivity contribution in [2.75, 3.05) is 26.4 Å². The molecule has 0 fully saturated rings. The standard InChI is InChI=1S/2C16H18F2NO2.2C5H5.Ti/c2*1-3-20-10-13-6-7-14(11-21-4-2)19(13)16-8-5-12(17)9-15(16)18;2*1-2-4-5-3-1;/h2*5-8H,3-4,10-11H2,1-2H3;2*1-5H;/q4*-1;+4. The number of halogens is 4. The third-order valence-electron chi connectivity index (χ3n) is 7.18. The fraction of sp³-hybridized carbons (Fsp3) is 0.286. The van der Waals surface area contributed by atoms with E-state index in [-0.39, 0.29) is 33.1 Å². The number of hydrogen-bond donors (Lipinski definition) is 0. The zero-order valence-electron chi connectivity index (χ0n) is 30.6. The fourth-order valence-electron chi connectivity index (χ4n) is 4.81. The quantitative estimate of drug-likeness (QED) is 0.0630. The summed E-state index contributed by atoms with van der Waals surface area (Å²) >= 11 is 0. The molecule has 0 aliphatic carbocycles. The summed E-state index contributed by atoms with van der Waals surface area (Å²) in [5.74, 6) is -2.91. The van der Waals surface area contributed by atoms with Crippen LogP contribution in [0, 0.1) is 35.4 Å². The first-order chi connectivity index (χ1) is 25.3. The van der Waals surface area contributed by atoms with Gasteiger partial charge in [-0.2, -0.15) is 36.4 Å². The van der Waals surface area contributed by atoms with Gasteiger partial charge in [-0.1, -0.05) is 0 Å². The molecule has 0 atom stereocenters. The molecule has 0 bridgehead atoms. The first-order valence-electron chi connectivity index (χ1n) is 17.1. The summed E-state index contributed by atoms with van der Waals surface area (Å²) in [6, 6.07) is 36.7. The van der Waals surface area contributed by atoms with E-state index in [4.69, 9.17) is 18.9 Å². The molecule has 0 aliphatic rings. The Balaban J connectivity index is 0.000000285. The van der Waals surface area contributed by atoms with Gasteiger partial charge in [0.15, 0.2) is 0 Å². The minimum Gasteiger partial charge on any atom is -0.376 e. The third kappa shape index (κ3) is 15.1. The Morgan fingerprint density at radius 1 is 0.472 bits per heavy atom. The van der Waals surface area contributed by atoms with Crippen molar-refractivity contribution in [2.24, 2.45) is 0 Å². The summed E-state index contributed by atoms with van der Waals surface area (Å²) in [5, 5.41) is 0. The van der Waals surface area contributed by atoms with Crippen molar-refractivity contribution < 1.29 is 58.2 Å². The smallest absolute Gasteiger partial charge is 0.376 e. The topological polar surface area (TPSA) is 46.8 Å². The average Bonchev–Trinajstić information content (AvgIpc) is 3.99. The maximum absolute atomic E-state index is 14.0. The van der Waals surface area contributed by atoms with Crippen LogP contribution in [0.3, 0.4) is 0 Å². The maximum atomic E-state index is 14.0. The fourth-order valence-corrected chi connectivity index (χ4v) is 4.81. The van der Waals surface area contributed by atoms with Gasteiger partial charge in [0.2, 0.25) is 0 Å². The molecule has 0 aliphatic heterocycles. The zero-order chi connectivity index (χ0) is 37.6. The second-order valence-electron chi connectivity index (χ2n) is 10.8. The molecule has 11 heteroatoms. The molecule has 0 saturated carbocycles. The van der Waals surface area contributed by atoms with Crippen molar-refractivity contribution in [3.8, 4) is 11.4 Å². The van der Waals surface area contributed by atoms with E-state index < -0.39 is 23.3 Å². The van der Waals surface area contributed by atoms with E-state index in [1.54, 1.807) is 9.13 Å². The van der Waals surface area contributed by atoms with E-state index in [9.17, 15) is 17.6 Å². The molecule has 53 heavy (non-hydrogen) atoms. The van der Waals surface area contributed by atoms with Crippen molar-refractivity contribution in [2.45, 2.75) is 54.1 Å². The summed E-state index contributed by atoms with van der Waals surface area (Å²) < 4.78 is 79.1. The van der Waals surface area contributed by atoms with Gasteiger partial charge in [-0.15, -0.1) is 36.4 Å². The van der Waals surface area contributed by atoms with Crippen molar-refractivity contribution in [1.82, 2.24) is 9.13 Å². The number of hydrogen-bond acceptors (Lipinski definition) is 4. The molecule has 4 aromatic carbocycles.